The minimum Gasteiger partial charge on any atom is -0.325 e. The molecule has 0 amide bonds. The smallest absolute Gasteiger partial charge is 0.282 e. The van der Waals surface area contributed by atoms with Gasteiger partial charge in [0.15, 0.2) is 0 Å². The maximum absolute atomic E-state index is 12.0. The van der Waals surface area contributed by atoms with Crippen LogP contribution in [0.3, 0.4) is 0 Å². The summed E-state index contributed by atoms with van der Waals surface area (Å²) in [6.45, 7) is 0.214. The SMILES string of the molecule is Cn1ncc(-c2ccc3c(=O)[nH]nc(CN)c3c2)c1-c1cccc[n+]1O. The third-order valence-corrected chi connectivity index (χ3v) is 4.39. The van der Waals surface area contributed by atoms with Crippen LogP contribution in [0.2, 0.25) is 0 Å². The fourth-order valence-electron chi connectivity index (χ4n) is 3.12. The Kier molecular flexibility index (Phi) is 3.74. The van der Waals surface area contributed by atoms with Crippen molar-refractivity contribution in [2.75, 3.05) is 0 Å². The van der Waals surface area contributed by atoms with E-state index in [9.17, 15) is 10.0 Å². The third kappa shape index (κ3) is 2.44. The summed E-state index contributed by atoms with van der Waals surface area (Å²) in [5.41, 5.74) is 9.15. The average molecular weight is 349 g/mol. The lowest BCUT2D eigenvalue weighted by atomic mass is 10.0. The van der Waals surface area contributed by atoms with Gasteiger partial charge in [-0.25, -0.2) is 5.10 Å². The van der Waals surface area contributed by atoms with Crippen molar-refractivity contribution in [3.8, 4) is 22.5 Å². The molecule has 4 aromatic rings. The first-order chi connectivity index (χ1) is 12.6. The molecule has 0 bridgehead atoms. The Hall–Kier alpha value is -3.52. The second kappa shape index (κ2) is 6.08. The van der Waals surface area contributed by atoms with E-state index in [1.165, 1.54) is 0 Å². The predicted octanol–water partition coefficient (Wildman–Crippen LogP) is 0.974. The molecule has 0 aliphatic carbocycles. The summed E-state index contributed by atoms with van der Waals surface area (Å²) < 4.78 is 2.75. The first-order valence-corrected chi connectivity index (χ1v) is 8.04. The number of pyridine rings is 1. The molecule has 0 fully saturated rings. The van der Waals surface area contributed by atoms with Gasteiger partial charge in [0, 0.05) is 41.4 Å². The van der Waals surface area contributed by atoms with Gasteiger partial charge in [0.2, 0.25) is 6.20 Å². The maximum atomic E-state index is 12.0. The van der Waals surface area contributed by atoms with E-state index in [-0.39, 0.29) is 12.1 Å². The van der Waals surface area contributed by atoms with Gasteiger partial charge in [0.25, 0.3) is 11.3 Å². The number of aromatic amines is 1. The van der Waals surface area contributed by atoms with E-state index in [2.05, 4.69) is 15.3 Å². The monoisotopic (exact) mass is 349 g/mol. The van der Waals surface area contributed by atoms with Gasteiger partial charge < -0.3 is 5.73 Å². The van der Waals surface area contributed by atoms with Gasteiger partial charge in [0.1, 0.15) is 5.69 Å². The molecule has 130 valence electrons. The quantitative estimate of drug-likeness (QED) is 0.377. The van der Waals surface area contributed by atoms with Gasteiger partial charge in [-0.2, -0.15) is 10.2 Å². The van der Waals surface area contributed by atoms with Crippen molar-refractivity contribution in [1.82, 2.24) is 20.0 Å². The molecule has 3 aromatic heterocycles. The molecule has 0 aliphatic rings. The van der Waals surface area contributed by atoms with Gasteiger partial charge in [-0.15, -0.1) is 0 Å². The Balaban J connectivity index is 1.98. The van der Waals surface area contributed by atoms with Crippen LogP contribution in [-0.4, -0.2) is 25.2 Å². The minimum absolute atomic E-state index is 0.214. The summed E-state index contributed by atoms with van der Waals surface area (Å²) in [6, 6.07) is 10.9. The number of benzene rings is 1. The number of hydrogen-bond donors (Lipinski definition) is 3. The fourth-order valence-corrected chi connectivity index (χ4v) is 3.12. The van der Waals surface area contributed by atoms with Crippen LogP contribution in [-0.2, 0) is 13.6 Å². The average Bonchev–Trinajstić information content (AvgIpc) is 3.03. The molecule has 0 unspecified atom stereocenters. The highest BCUT2D eigenvalue weighted by Gasteiger charge is 2.22. The van der Waals surface area contributed by atoms with Crippen molar-refractivity contribution in [2.45, 2.75) is 6.54 Å². The van der Waals surface area contributed by atoms with Crippen LogP contribution < -0.4 is 16.0 Å². The number of aromatic nitrogens is 5. The Morgan fingerprint density at radius 2 is 2.12 bits per heavy atom. The largest absolute Gasteiger partial charge is 0.325 e. The number of rotatable bonds is 3. The zero-order valence-corrected chi connectivity index (χ0v) is 14.0. The standard InChI is InChI=1S/C18H16N6O2/c1-23-17(16-4-2-3-7-24(16)26)14(10-20-23)11-5-6-12-13(8-11)15(9-19)21-22-18(12)25/h2-8,10H,9,19H2,1H3,(H-,20,22,25,26)/p+1. The first kappa shape index (κ1) is 16.0. The zero-order valence-electron chi connectivity index (χ0n) is 14.0. The molecule has 3 heterocycles. The number of nitrogens with two attached hydrogens (primary N) is 1. The lowest BCUT2D eigenvalue weighted by Gasteiger charge is -2.07. The number of nitrogens with one attached hydrogen (secondary N) is 1. The van der Waals surface area contributed by atoms with Crippen molar-refractivity contribution in [3.05, 3.63) is 64.8 Å². The van der Waals surface area contributed by atoms with Crippen LogP contribution in [0, 0.1) is 0 Å². The van der Waals surface area contributed by atoms with E-state index < -0.39 is 0 Å². The second-order valence-electron chi connectivity index (χ2n) is 5.92. The summed E-state index contributed by atoms with van der Waals surface area (Å²) in [5.74, 6) is 0. The normalized spacial score (nSPS) is 11.2. The molecule has 1 aromatic carbocycles. The lowest BCUT2D eigenvalue weighted by Crippen LogP contribution is -2.32. The van der Waals surface area contributed by atoms with Crippen molar-refractivity contribution < 1.29 is 9.94 Å². The van der Waals surface area contributed by atoms with Crippen molar-refractivity contribution >= 4 is 10.8 Å². The van der Waals surface area contributed by atoms with Crippen LogP contribution in [0.25, 0.3) is 33.3 Å². The van der Waals surface area contributed by atoms with Crippen LogP contribution in [0.15, 0.2) is 53.6 Å². The molecule has 0 radical (unpaired) electrons. The number of fused-ring (bicyclic) bond motifs is 1. The molecule has 4 rings (SSSR count). The van der Waals surface area contributed by atoms with Gasteiger partial charge in [-0.05, 0) is 23.8 Å². The highest BCUT2D eigenvalue weighted by Crippen LogP contribution is 2.31. The molecule has 0 saturated carbocycles. The van der Waals surface area contributed by atoms with E-state index in [4.69, 9.17) is 5.73 Å². The molecule has 0 saturated heterocycles. The Morgan fingerprint density at radius 1 is 1.27 bits per heavy atom. The van der Waals surface area contributed by atoms with E-state index in [0.29, 0.717) is 22.2 Å². The number of nitrogens with zero attached hydrogens (tertiary/aromatic N) is 4. The number of aryl methyl sites for hydroxylation is 1. The van der Waals surface area contributed by atoms with Crippen LogP contribution in [0.1, 0.15) is 5.69 Å². The highest BCUT2D eigenvalue weighted by molar-refractivity contribution is 5.90. The number of hydrogen-bond acceptors (Lipinski definition) is 5. The molecule has 0 aliphatic heterocycles. The minimum atomic E-state index is -0.258. The predicted molar refractivity (Wildman–Crippen MR) is 95.3 cm³/mol. The van der Waals surface area contributed by atoms with Crippen molar-refractivity contribution in [1.29, 1.82) is 0 Å². The fraction of sp³-hybridized carbons (Fsp3) is 0.111. The van der Waals surface area contributed by atoms with Crippen LogP contribution >= 0.6 is 0 Å². The molecule has 4 N–H and O–H groups in total. The summed E-state index contributed by atoms with van der Waals surface area (Å²) in [5, 5.41) is 22.2. The Bertz CT molecular complexity index is 1180. The lowest BCUT2D eigenvalue weighted by molar-refractivity contribution is -0.896. The molecule has 0 atom stereocenters. The Morgan fingerprint density at radius 3 is 2.88 bits per heavy atom. The molecule has 8 heteroatoms. The van der Waals surface area contributed by atoms with Crippen LogP contribution in [0.4, 0.5) is 0 Å². The summed E-state index contributed by atoms with van der Waals surface area (Å²) in [4.78, 5) is 12.0. The van der Waals surface area contributed by atoms with E-state index in [0.717, 1.165) is 21.6 Å². The molecule has 0 spiro atoms. The molecular formula is C18H17N6O2+. The van der Waals surface area contributed by atoms with E-state index >= 15 is 0 Å². The van der Waals surface area contributed by atoms with E-state index in [1.54, 1.807) is 35.3 Å². The highest BCUT2D eigenvalue weighted by atomic mass is 16.5. The third-order valence-electron chi connectivity index (χ3n) is 4.39. The van der Waals surface area contributed by atoms with Gasteiger partial charge >= 0.3 is 0 Å². The van der Waals surface area contributed by atoms with E-state index in [1.807, 2.05) is 25.2 Å². The van der Waals surface area contributed by atoms with Gasteiger partial charge in [-0.3, -0.25) is 14.7 Å². The van der Waals surface area contributed by atoms with Gasteiger partial charge in [-0.1, -0.05) is 6.07 Å². The molecule has 8 nitrogen and oxygen atoms in total. The molecule has 26 heavy (non-hydrogen) atoms. The Labute approximate surface area is 148 Å². The van der Waals surface area contributed by atoms with Crippen molar-refractivity contribution in [3.63, 3.8) is 0 Å². The van der Waals surface area contributed by atoms with Crippen molar-refractivity contribution in [2.24, 2.45) is 12.8 Å². The summed E-state index contributed by atoms with van der Waals surface area (Å²) in [6.07, 6.45) is 3.29. The van der Waals surface area contributed by atoms with Gasteiger partial charge in [0.05, 0.1) is 17.3 Å². The zero-order chi connectivity index (χ0) is 18.3. The summed E-state index contributed by atoms with van der Waals surface area (Å²) in [7, 11) is 1.81. The number of H-pyrrole nitrogens is 1. The second-order valence-corrected chi connectivity index (χ2v) is 5.92. The maximum Gasteiger partial charge on any atom is 0.282 e. The summed E-state index contributed by atoms with van der Waals surface area (Å²) >= 11 is 0. The van der Waals surface area contributed by atoms with Crippen LogP contribution in [0.5, 0.6) is 0 Å². The molecular weight excluding hydrogens is 332 g/mol. The topological polar surface area (TPSA) is 114 Å². The first-order valence-electron chi connectivity index (χ1n) is 8.04.